The summed E-state index contributed by atoms with van der Waals surface area (Å²) in [5.74, 6) is 0.585. The van der Waals surface area contributed by atoms with Gasteiger partial charge in [0.2, 0.25) is 0 Å². The van der Waals surface area contributed by atoms with Crippen LogP contribution in [0.4, 0.5) is 0 Å². The lowest BCUT2D eigenvalue weighted by Gasteiger charge is -2.37. The molecule has 0 saturated heterocycles. The minimum absolute atomic E-state index is 0.476. The maximum absolute atomic E-state index is 3.83. The molecule has 0 saturated carbocycles. The van der Waals surface area contributed by atoms with Gasteiger partial charge in [0.1, 0.15) is 0 Å². The predicted octanol–water partition coefficient (Wildman–Crippen LogP) is 6.69. The molecule has 1 aliphatic heterocycles. The molecule has 1 N–H and O–H groups in total. The molecule has 0 aliphatic carbocycles. The highest BCUT2D eigenvalue weighted by Crippen LogP contribution is 2.32. The number of hydrogen-bond acceptors (Lipinski definition) is 2. The fourth-order valence-corrected chi connectivity index (χ4v) is 5.17. The first-order valence-corrected chi connectivity index (χ1v) is 11.9. The highest BCUT2D eigenvalue weighted by Gasteiger charge is 2.27. The van der Waals surface area contributed by atoms with Crippen LogP contribution in [0.1, 0.15) is 84.4 Å². The molecule has 1 heterocycles. The maximum Gasteiger partial charge on any atom is 0.0337 e. The topological polar surface area (TPSA) is 15.3 Å². The minimum atomic E-state index is 0.476. The maximum atomic E-state index is 3.83. The molecular weight excluding hydrogens is 352 g/mol. The molecule has 162 valence electrons. The molecule has 3 unspecified atom stereocenters. The van der Waals surface area contributed by atoms with E-state index in [0.29, 0.717) is 18.0 Å². The third-order valence-corrected chi connectivity index (χ3v) is 6.67. The fourth-order valence-electron chi connectivity index (χ4n) is 5.17. The standard InChI is InChI=1S/C27H44N2/c1-7-13-21(5)25(14-8-2)22(6)19-24(29(9-3)10-4)20-27-26-16-12-11-15-23(26)17-18-28-27/h8,11-12,14-16,22,24,27-28H,7,9-10,13,17-20H2,1-6H3/b14-8-,25-21-. The lowest BCUT2D eigenvalue weighted by molar-refractivity contribution is 0.168. The summed E-state index contributed by atoms with van der Waals surface area (Å²) in [5, 5.41) is 3.83. The van der Waals surface area contributed by atoms with E-state index >= 15 is 0 Å². The second-order valence-electron chi connectivity index (χ2n) is 8.69. The Hall–Kier alpha value is -1.38. The zero-order valence-electron chi connectivity index (χ0n) is 19.8. The van der Waals surface area contributed by atoms with E-state index in [-0.39, 0.29) is 0 Å². The fraction of sp³-hybridized carbons (Fsp3) is 0.630. The van der Waals surface area contributed by atoms with E-state index in [1.165, 1.54) is 36.8 Å². The molecule has 1 aliphatic rings. The molecule has 0 fully saturated rings. The Morgan fingerprint density at radius 1 is 1.21 bits per heavy atom. The third kappa shape index (κ3) is 6.55. The summed E-state index contributed by atoms with van der Waals surface area (Å²) in [6, 6.07) is 10.1. The zero-order chi connectivity index (χ0) is 21.2. The summed E-state index contributed by atoms with van der Waals surface area (Å²) in [6.45, 7) is 17.2. The van der Waals surface area contributed by atoms with Gasteiger partial charge in [-0.05, 0) is 81.8 Å². The van der Waals surface area contributed by atoms with E-state index in [1.54, 1.807) is 11.1 Å². The summed E-state index contributed by atoms with van der Waals surface area (Å²) in [7, 11) is 0. The van der Waals surface area contributed by atoms with Gasteiger partial charge in [0.05, 0.1) is 0 Å². The van der Waals surface area contributed by atoms with Crippen molar-refractivity contribution in [2.75, 3.05) is 19.6 Å². The number of benzene rings is 1. The highest BCUT2D eigenvalue weighted by atomic mass is 15.1. The Labute approximate surface area is 180 Å². The van der Waals surface area contributed by atoms with Crippen molar-refractivity contribution in [3.8, 4) is 0 Å². The monoisotopic (exact) mass is 396 g/mol. The second kappa shape index (κ2) is 12.3. The van der Waals surface area contributed by atoms with Crippen LogP contribution in [0.2, 0.25) is 0 Å². The lowest BCUT2D eigenvalue weighted by atomic mass is 9.84. The van der Waals surface area contributed by atoms with Crippen molar-refractivity contribution in [2.24, 2.45) is 5.92 Å². The van der Waals surface area contributed by atoms with Gasteiger partial charge in [0.25, 0.3) is 0 Å². The Morgan fingerprint density at radius 2 is 1.93 bits per heavy atom. The van der Waals surface area contributed by atoms with Crippen molar-refractivity contribution in [3.05, 3.63) is 58.7 Å². The Bertz CT molecular complexity index is 669. The molecule has 3 atom stereocenters. The van der Waals surface area contributed by atoms with Gasteiger partial charge >= 0.3 is 0 Å². The molecule has 0 spiro atoms. The molecule has 29 heavy (non-hydrogen) atoms. The Kier molecular flexibility index (Phi) is 10.2. The van der Waals surface area contributed by atoms with E-state index < -0.39 is 0 Å². The first-order valence-electron chi connectivity index (χ1n) is 11.9. The summed E-state index contributed by atoms with van der Waals surface area (Å²) < 4.78 is 0. The smallest absolute Gasteiger partial charge is 0.0337 e. The number of allylic oxidation sites excluding steroid dienone is 4. The SMILES string of the molecule is C/C=C\C(=C(/C)CCC)C(C)CC(CC1NCCc2ccccc21)N(CC)CC. The molecule has 1 aromatic carbocycles. The van der Waals surface area contributed by atoms with Gasteiger partial charge < -0.3 is 10.2 Å². The summed E-state index contributed by atoms with van der Waals surface area (Å²) in [6.07, 6.45) is 10.6. The second-order valence-corrected chi connectivity index (χ2v) is 8.69. The highest BCUT2D eigenvalue weighted by molar-refractivity contribution is 5.32. The summed E-state index contributed by atoms with van der Waals surface area (Å²) in [4.78, 5) is 2.68. The van der Waals surface area contributed by atoms with E-state index in [0.717, 1.165) is 26.1 Å². The Morgan fingerprint density at radius 3 is 2.59 bits per heavy atom. The van der Waals surface area contributed by atoms with Crippen LogP contribution in [0.5, 0.6) is 0 Å². The third-order valence-electron chi connectivity index (χ3n) is 6.67. The van der Waals surface area contributed by atoms with E-state index in [9.17, 15) is 0 Å². The molecule has 2 nitrogen and oxygen atoms in total. The van der Waals surface area contributed by atoms with Crippen LogP contribution >= 0.6 is 0 Å². The first kappa shape index (κ1) is 23.9. The van der Waals surface area contributed by atoms with Crippen LogP contribution in [-0.4, -0.2) is 30.6 Å². The molecule has 2 heteroatoms. The average Bonchev–Trinajstić information content (AvgIpc) is 2.73. The van der Waals surface area contributed by atoms with Gasteiger partial charge in [-0.3, -0.25) is 0 Å². The number of nitrogens with one attached hydrogen (secondary N) is 1. The summed E-state index contributed by atoms with van der Waals surface area (Å²) >= 11 is 0. The van der Waals surface area contributed by atoms with Crippen molar-refractivity contribution >= 4 is 0 Å². The van der Waals surface area contributed by atoms with Crippen molar-refractivity contribution < 1.29 is 0 Å². The number of hydrogen-bond donors (Lipinski definition) is 1. The minimum Gasteiger partial charge on any atom is -0.310 e. The molecule has 0 aromatic heterocycles. The van der Waals surface area contributed by atoms with E-state index in [4.69, 9.17) is 0 Å². The molecule has 0 radical (unpaired) electrons. The number of fused-ring (bicyclic) bond motifs is 1. The summed E-state index contributed by atoms with van der Waals surface area (Å²) in [5.41, 5.74) is 6.19. The average molecular weight is 397 g/mol. The van der Waals surface area contributed by atoms with Crippen molar-refractivity contribution in [2.45, 2.75) is 85.7 Å². The quantitative estimate of drug-likeness (QED) is 0.419. The number of rotatable bonds is 11. The van der Waals surface area contributed by atoms with Crippen LogP contribution in [0, 0.1) is 5.92 Å². The van der Waals surface area contributed by atoms with E-state index in [2.05, 4.69) is 88.2 Å². The zero-order valence-corrected chi connectivity index (χ0v) is 19.8. The molecule has 0 amide bonds. The van der Waals surface area contributed by atoms with Crippen LogP contribution in [-0.2, 0) is 6.42 Å². The largest absolute Gasteiger partial charge is 0.310 e. The first-order chi connectivity index (χ1) is 14.0. The molecule has 0 bridgehead atoms. The normalized spacial score (nSPS) is 19.9. The molecule has 1 aromatic rings. The van der Waals surface area contributed by atoms with Crippen LogP contribution in [0.3, 0.4) is 0 Å². The van der Waals surface area contributed by atoms with Gasteiger partial charge in [-0.1, -0.05) is 76.1 Å². The van der Waals surface area contributed by atoms with Crippen LogP contribution in [0.15, 0.2) is 47.6 Å². The van der Waals surface area contributed by atoms with Gasteiger partial charge in [0, 0.05) is 12.1 Å². The van der Waals surface area contributed by atoms with Gasteiger partial charge in [-0.2, -0.15) is 0 Å². The van der Waals surface area contributed by atoms with Crippen molar-refractivity contribution in [3.63, 3.8) is 0 Å². The van der Waals surface area contributed by atoms with Crippen LogP contribution < -0.4 is 5.32 Å². The predicted molar refractivity (Wildman–Crippen MR) is 128 cm³/mol. The molecular formula is C27H44N2. The number of nitrogens with zero attached hydrogens (tertiary/aromatic N) is 1. The van der Waals surface area contributed by atoms with Gasteiger partial charge in [0.15, 0.2) is 0 Å². The van der Waals surface area contributed by atoms with Crippen molar-refractivity contribution in [1.29, 1.82) is 0 Å². The van der Waals surface area contributed by atoms with Crippen LogP contribution in [0.25, 0.3) is 0 Å². The molecule has 2 rings (SSSR count). The Balaban J connectivity index is 2.24. The van der Waals surface area contributed by atoms with E-state index in [1.807, 2.05) is 0 Å². The lowest BCUT2D eigenvalue weighted by Crippen LogP contribution is -2.41. The van der Waals surface area contributed by atoms with Gasteiger partial charge in [-0.25, -0.2) is 0 Å². The van der Waals surface area contributed by atoms with Gasteiger partial charge in [-0.15, -0.1) is 0 Å². The van der Waals surface area contributed by atoms with Crippen molar-refractivity contribution in [1.82, 2.24) is 10.2 Å².